The lowest BCUT2D eigenvalue weighted by Crippen LogP contribution is -2.10. The van der Waals surface area contributed by atoms with Gasteiger partial charge in [0, 0.05) is 16.8 Å². The predicted molar refractivity (Wildman–Crippen MR) is 185 cm³/mol. The van der Waals surface area contributed by atoms with Gasteiger partial charge in [-0.15, -0.1) is 0 Å². The lowest BCUT2D eigenvalue weighted by molar-refractivity contribution is 1.30. The normalized spacial score (nSPS) is 13.5. The second kappa shape index (κ2) is 10.6. The van der Waals surface area contributed by atoms with E-state index < -0.39 is 30.2 Å². The van der Waals surface area contributed by atoms with E-state index in [0.717, 1.165) is 43.8 Å². The van der Waals surface area contributed by atoms with Gasteiger partial charge in [0.25, 0.3) is 0 Å². The minimum atomic E-state index is -0.483. The molecule has 0 aliphatic rings. The molecule has 8 aromatic rings. The molecule has 0 N–H and O–H groups in total. The molecule has 0 atom stereocenters. The molecule has 0 aliphatic carbocycles. The standard InChI is InChI=1S/C42H29N/c1-2-13-34-28-35(23-22-30(34)10-1)31-24-26-37(27-25-31)43(42-21-9-15-33-12-4-6-19-41(33)42)38-17-7-16-36(29-38)40-20-8-14-32-11-3-5-18-39(32)40/h1-29H/i4D,6D,9D,12D,15D,19D,21D. The molecule has 0 radical (unpaired) electrons. The Morgan fingerprint density at radius 2 is 1.12 bits per heavy atom. The molecule has 0 fully saturated rings. The van der Waals surface area contributed by atoms with Crippen LogP contribution >= 0.6 is 0 Å². The molecule has 0 saturated heterocycles. The van der Waals surface area contributed by atoms with E-state index >= 15 is 0 Å². The second-order valence-electron chi connectivity index (χ2n) is 10.5. The summed E-state index contributed by atoms with van der Waals surface area (Å²) in [5.41, 5.74) is 5.31. The van der Waals surface area contributed by atoms with Gasteiger partial charge < -0.3 is 4.90 Å². The van der Waals surface area contributed by atoms with Crippen molar-refractivity contribution in [3.63, 3.8) is 0 Å². The van der Waals surface area contributed by atoms with Crippen LogP contribution in [0.15, 0.2) is 176 Å². The highest BCUT2D eigenvalue weighted by Crippen LogP contribution is 2.41. The van der Waals surface area contributed by atoms with E-state index in [2.05, 4.69) is 54.6 Å². The summed E-state index contributed by atoms with van der Waals surface area (Å²) < 4.78 is 61.3. The summed E-state index contributed by atoms with van der Waals surface area (Å²) in [5, 5.41) is 4.38. The van der Waals surface area contributed by atoms with Crippen molar-refractivity contribution in [3.05, 3.63) is 176 Å². The third-order valence-electron chi connectivity index (χ3n) is 7.93. The molecule has 8 rings (SSSR count). The highest BCUT2D eigenvalue weighted by atomic mass is 15.1. The smallest absolute Gasteiger partial charge is 0.0645 e. The number of rotatable bonds is 5. The Morgan fingerprint density at radius 1 is 0.395 bits per heavy atom. The molecular formula is C42H29N. The van der Waals surface area contributed by atoms with Gasteiger partial charge in [0.05, 0.1) is 15.3 Å². The number of nitrogens with zero attached hydrogens (tertiary/aromatic N) is 1. The third kappa shape index (κ3) is 4.62. The second-order valence-corrected chi connectivity index (χ2v) is 10.5. The minimum Gasteiger partial charge on any atom is -0.310 e. The van der Waals surface area contributed by atoms with Gasteiger partial charge in [0.1, 0.15) is 0 Å². The van der Waals surface area contributed by atoms with Crippen LogP contribution in [0.2, 0.25) is 0 Å². The van der Waals surface area contributed by atoms with Crippen molar-refractivity contribution in [1.82, 2.24) is 0 Å². The fraction of sp³-hybridized carbons (Fsp3) is 0. The van der Waals surface area contributed by atoms with E-state index in [1.54, 1.807) is 4.90 Å². The molecule has 0 bridgehead atoms. The number of hydrogen-bond donors (Lipinski definition) is 0. The Bertz CT molecular complexity index is 2620. The van der Waals surface area contributed by atoms with Gasteiger partial charge in [-0.3, -0.25) is 0 Å². The lowest BCUT2D eigenvalue weighted by Gasteiger charge is -2.27. The van der Waals surface area contributed by atoms with Gasteiger partial charge in [0.15, 0.2) is 0 Å². The summed E-state index contributed by atoms with van der Waals surface area (Å²) in [6, 6.07) is 41.6. The summed E-state index contributed by atoms with van der Waals surface area (Å²) in [6.45, 7) is 0. The van der Waals surface area contributed by atoms with Gasteiger partial charge >= 0.3 is 0 Å². The summed E-state index contributed by atoms with van der Waals surface area (Å²) in [6.07, 6.45) is 0. The number of hydrogen-bond acceptors (Lipinski definition) is 1. The maximum Gasteiger partial charge on any atom is 0.0645 e. The van der Waals surface area contributed by atoms with Crippen molar-refractivity contribution in [1.29, 1.82) is 0 Å². The average molecular weight is 555 g/mol. The van der Waals surface area contributed by atoms with Gasteiger partial charge in [-0.25, -0.2) is 0 Å². The van der Waals surface area contributed by atoms with E-state index in [1.165, 1.54) is 0 Å². The summed E-state index contributed by atoms with van der Waals surface area (Å²) >= 11 is 0. The topological polar surface area (TPSA) is 3.24 Å². The van der Waals surface area contributed by atoms with Crippen LogP contribution in [0.5, 0.6) is 0 Å². The Balaban J connectivity index is 1.39. The number of anilines is 3. The first-order valence-electron chi connectivity index (χ1n) is 17.7. The van der Waals surface area contributed by atoms with Crippen molar-refractivity contribution in [2.45, 2.75) is 0 Å². The molecule has 1 heteroatoms. The lowest BCUT2D eigenvalue weighted by atomic mass is 9.97. The quantitative estimate of drug-likeness (QED) is 0.204. The van der Waals surface area contributed by atoms with Gasteiger partial charge in [-0.2, -0.15) is 0 Å². The monoisotopic (exact) mass is 554 g/mol. The fourth-order valence-corrected chi connectivity index (χ4v) is 5.84. The molecule has 0 heterocycles. The largest absolute Gasteiger partial charge is 0.310 e. The highest BCUT2D eigenvalue weighted by Gasteiger charge is 2.17. The average Bonchev–Trinajstić information content (AvgIpc) is 3.16. The van der Waals surface area contributed by atoms with Crippen LogP contribution in [-0.4, -0.2) is 0 Å². The van der Waals surface area contributed by atoms with E-state index in [1.807, 2.05) is 78.9 Å². The van der Waals surface area contributed by atoms with Crippen LogP contribution in [0.3, 0.4) is 0 Å². The van der Waals surface area contributed by atoms with E-state index in [4.69, 9.17) is 8.22 Å². The van der Waals surface area contributed by atoms with E-state index in [9.17, 15) is 1.37 Å². The van der Waals surface area contributed by atoms with Gasteiger partial charge in [0.2, 0.25) is 0 Å². The molecule has 1 nitrogen and oxygen atoms in total. The predicted octanol–water partition coefficient (Wildman–Crippen LogP) is 11.9. The Kier molecular flexibility index (Phi) is 4.63. The van der Waals surface area contributed by atoms with E-state index in [-0.39, 0.29) is 28.5 Å². The minimum absolute atomic E-state index is 0.0242. The summed E-state index contributed by atoms with van der Waals surface area (Å²) in [7, 11) is 0. The molecule has 0 saturated carbocycles. The molecule has 0 unspecified atom stereocenters. The zero-order chi connectivity index (χ0) is 34.7. The third-order valence-corrected chi connectivity index (χ3v) is 7.93. The van der Waals surface area contributed by atoms with Crippen LogP contribution in [0.1, 0.15) is 9.60 Å². The zero-order valence-electron chi connectivity index (χ0n) is 30.1. The zero-order valence-corrected chi connectivity index (χ0v) is 23.1. The first-order valence-corrected chi connectivity index (χ1v) is 14.2. The highest BCUT2D eigenvalue weighted by molar-refractivity contribution is 6.01. The van der Waals surface area contributed by atoms with Crippen LogP contribution in [0, 0.1) is 0 Å². The van der Waals surface area contributed by atoms with Crippen LogP contribution in [-0.2, 0) is 0 Å². The first-order chi connectivity index (χ1) is 24.2. The van der Waals surface area contributed by atoms with Crippen molar-refractivity contribution in [2.24, 2.45) is 0 Å². The molecular weight excluding hydrogens is 518 g/mol. The van der Waals surface area contributed by atoms with Gasteiger partial charge in [-0.1, -0.05) is 139 Å². The van der Waals surface area contributed by atoms with Crippen molar-refractivity contribution in [3.8, 4) is 22.3 Å². The molecule has 8 aromatic carbocycles. The fourth-order valence-electron chi connectivity index (χ4n) is 5.84. The Labute approximate surface area is 261 Å². The van der Waals surface area contributed by atoms with Crippen molar-refractivity contribution in [2.75, 3.05) is 4.90 Å². The van der Waals surface area contributed by atoms with Crippen molar-refractivity contribution < 1.29 is 9.60 Å². The molecule has 0 spiro atoms. The van der Waals surface area contributed by atoms with Gasteiger partial charge in [-0.05, 0) is 85.6 Å². The summed E-state index contributed by atoms with van der Waals surface area (Å²) in [4.78, 5) is 1.78. The number of benzene rings is 8. The maximum absolute atomic E-state index is 9.22. The number of fused-ring (bicyclic) bond motifs is 3. The maximum atomic E-state index is 9.22. The molecule has 0 amide bonds. The molecule has 0 aliphatic heterocycles. The first kappa shape index (κ1) is 18.7. The van der Waals surface area contributed by atoms with Crippen molar-refractivity contribution >= 4 is 49.4 Å². The van der Waals surface area contributed by atoms with Crippen LogP contribution in [0.4, 0.5) is 17.1 Å². The van der Waals surface area contributed by atoms with Crippen LogP contribution in [0.25, 0.3) is 54.6 Å². The Morgan fingerprint density at radius 3 is 2.02 bits per heavy atom. The van der Waals surface area contributed by atoms with E-state index in [0.29, 0.717) is 11.4 Å². The Hall–Kier alpha value is -5.66. The van der Waals surface area contributed by atoms with Crippen LogP contribution < -0.4 is 4.90 Å². The molecule has 43 heavy (non-hydrogen) atoms. The molecule has 202 valence electrons. The SMILES string of the molecule is [2H]c1c([2H])c([2H])c2c(N(c3ccc(-c4ccc5ccccc5c4)cc3)c3cccc(-c4cccc5ccccc45)c3)c([2H])c([2H])c([2H])c2c1[2H]. The summed E-state index contributed by atoms with van der Waals surface area (Å²) in [5.74, 6) is 0. The molecule has 0 aromatic heterocycles.